The fourth-order valence-corrected chi connectivity index (χ4v) is 3.04. The molecule has 1 N–H and O–H groups in total. The summed E-state index contributed by atoms with van der Waals surface area (Å²) in [5.41, 5.74) is 1.05. The number of nitrogens with zero attached hydrogens (tertiary/aromatic N) is 4. The number of ether oxygens (including phenoxy) is 1. The summed E-state index contributed by atoms with van der Waals surface area (Å²) in [6.45, 7) is 2.12. The van der Waals surface area contributed by atoms with Gasteiger partial charge in [0, 0.05) is 6.42 Å². The Labute approximate surface area is 149 Å². The minimum atomic E-state index is -0.371. The molecule has 130 valence electrons. The van der Waals surface area contributed by atoms with Crippen molar-refractivity contribution >= 4 is 22.4 Å². The molecule has 0 aliphatic carbocycles. The number of hydrogen-bond donors (Lipinski definition) is 1. The number of benzene rings is 1. The van der Waals surface area contributed by atoms with Crippen molar-refractivity contribution in [2.45, 2.75) is 26.2 Å². The summed E-state index contributed by atoms with van der Waals surface area (Å²) < 4.78 is 6.90. The standard InChI is InChI=1S/C17H19N5O2S/c1-3-4-10-14-19-20-17(25-14)18-16(23)15-13(24-2)11-22(21-15)12-8-6-5-7-9-12/h5-9,11H,3-4,10H2,1-2H3,(H,18,20,23). The van der Waals surface area contributed by atoms with Gasteiger partial charge in [0.05, 0.1) is 19.0 Å². The first-order valence-electron chi connectivity index (χ1n) is 8.04. The van der Waals surface area contributed by atoms with Gasteiger partial charge in [-0.25, -0.2) is 4.68 Å². The zero-order valence-corrected chi connectivity index (χ0v) is 14.9. The largest absolute Gasteiger partial charge is 0.493 e. The van der Waals surface area contributed by atoms with Crippen molar-refractivity contribution < 1.29 is 9.53 Å². The zero-order chi connectivity index (χ0) is 17.6. The van der Waals surface area contributed by atoms with Crippen molar-refractivity contribution in [2.24, 2.45) is 0 Å². The molecule has 1 amide bonds. The average molecular weight is 357 g/mol. The van der Waals surface area contributed by atoms with E-state index in [2.05, 4.69) is 27.5 Å². The maximum Gasteiger partial charge on any atom is 0.281 e. The number of carbonyl (C=O) groups excluding carboxylic acids is 1. The third kappa shape index (κ3) is 4.03. The normalized spacial score (nSPS) is 10.6. The summed E-state index contributed by atoms with van der Waals surface area (Å²) in [6, 6.07) is 9.53. The van der Waals surface area contributed by atoms with E-state index in [4.69, 9.17) is 4.74 Å². The number of rotatable bonds is 7. The second kappa shape index (κ2) is 7.89. The van der Waals surface area contributed by atoms with Crippen LogP contribution in [0.2, 0.25) is 0 Å². The van der Waals surface area contributed by atoms with E-state index in [9.17, 15) is 4.79 Å². The molecule has 0 saturated heterocycles. The molecule has 0 aliphatic heterocycles. The smallest absolute Gasteiger partial charge is 0.281 e. The number of carbonyl (C=O) groups is 1. The molecule has 0 radical (unpaired) electrons. The number of hydrogen-bond acceptors (Lipinski definition) is 6. The summed E-state index contributed by atoms with van der Waals surface area (Å²) in [4.78, 5) is 12.5. The Bertz CT molecular complexity index is 844. The Balaban J connectivity index is 1.77. The first-order valence-corrected chi connectivity index (χ1v) is 8.85. The molecule has 3 aromatic rings. The Morgan fingerprint density at radius 3 is 2.80 bits per heavy atom. The number of nitrogens with one attached hydrogen (secondary N) is 1. The van der Waals surface area contributed by atoms with Crippen molar-refractivity contribution in [3.8, 4) is 11.4 Å². The van der Waals surface area contributed by atoms with Crippen molar-refractivity contribution in [2.75, 3.05) is 12.4 Å². The number of methoxy groups -OCH3 is 1. The van der Waals surface area contributed by atoms with Crippen molar-refractivity contribution in [3.63, 3.8) is 0 Å². The summed E-state index contributed by atoms with van der Waals surface area (Å²) in [6.07, 6.45) is 4.69. The minimum Gasteiger partial charge on any atom is -0.493 e. The Morgan fingerprint density at radius 1 is 1.28 bits per heavy atom. The van der Waals surface area contributed by atoms with Gasteiger partial charge in [-0.3, -0.25) is 10.1 Å². The molecular formula is C17H19N5O2S. The maximum absolute atomic E-state index is 12.5. The highest BCUT2D eigenvalue weighted by molar-refractivity contribution is 7.15. The molecule has 0 unspecified atom stereocenters. The molecule has 0 aliphatic rings. The van der Waals surface area contributed by atoms with Gasteiger partial charge in [0.15, 0.2) is 11.4 Å². The van der Waals surface area contributed by atoms with E-state index in [0.29, 0.717) is 10.9 Å². The number of aromatic nitrogens is 4. The van der Waals surface area contributed by atoms with E-state index in [1.54, 1.807) is 10.9 Å². The van der Waals surface area contributed by atoms with Crippen LogP contribution in [0.5, 0.6) is 5.75 Å². The van der Waals surface area contributed by atoms with Crippen LogP contribution in [0.25, 0.3) is 5.69 Å². The third-order valence-corrected chi connectivity index (χ3v) is 4.47. The van der Waals surface area contributed by atoms with Crippen LogP contribution < -0.4 is 10.1 Å². The molecule has 0 bridgehead atoms. The molecule has 8 heteroatoms. The van der Waals surface area contributed by atoms with Gasteiger partial charge in [-0.05, 0) is 18.6 Å². The highest BCUT2D eigenvalue weighted by Gasteiger charge is 2.20. The van der Waals surface area contributed by atoms with Gasteiger partial charge < -0.3 is 4.74 Å². The van der Waals surface area contributed by atoms with Crippen LogP contribution >= 0.6 is 11.3 Å². The van der Waals surface area contributed by atoms with Crippen LogP contribution in [0, 0.1) is 0 Å². The molecule has 1 aromatic carbocycles. The predicted octanol–water partition coefficient (Wildman–Crippen LogP) is 3.33. The molecule has 0 atom stereocenters. The second-order valence-electron chi connectivity index (χ2n) is 5.38. The molecule has 0 spiro atoms. The monoisotopic (exact) mass is 357 g/mol. The Morgan fingerprint density at radius 2 is 2.08 bits per heavy atom. The van der Waals surface area contributed by atoms with Gasteiger partial charge >= 0.3 is 0 Å². The lowest BCUT2D eigenvalue weighted by atomic mass is 10.3. The predicted molar refractivity (Wildman–Crippen MR) is 96.6 cm³/mol. The number of para-hydroxylation sites is 1. The fourth-order valence-electron chi connectivity index (χ4n) is 2.27. The number of aryl methyl sites for hydroxylation is 1. The molecular weight excluding hydrogens is 338 g/mol. The number of amides is 1. The van der Waals surface area contributed by atoms with Crippen molar-refractivity contribution in [1.29, 1.82) is 0 Å². The lowest BCUT2D eigenvalue weighted by Gasteiger charge is -2.00. The Kier molecular flexibility index (Phi) is 5.39. The molecule has 7 nitrogen and oxygen atoms in total. The van der Waals surface area contributed by atoms with Gasteiger partial charge in [-0.1, -0.05) is 42.9 Å². The minimum absolute atomic E-state index is 0.205. The SMILES string of the molecule is CCCCc1nnc(NC(=O)c2nn(-c3ccccc3)cc2OC)s1. The maximum atomic E-state index is 12.5. The van der Waals surface area contributed by atoms with E-state index in [1.165, 1.54) is 18.4 Å². The van der Waals surface area contributed by atoms with Crippen molar-refractivity contribution in [1.82, 2.24) is 20.0 Å². The number of anilines is 1. The van der Waals surface area contributed by atoms with Gasteiger partial charge in [0.1, 0.15) is 5.01 Å². The van der Waals surface area contributed by atoms with Gasteiger partial charge in [-0.15, -0.1) is 10.2 Å². The summed E-state index contributed by atoms with van der Waals surface area (Å²) >= 11 is 1.38. The molecule has 0 fully saturated rings. The van der Waals surface area contributed by atoms with Crippen LogP contribution in [0.15, 0.2) is 36.5 Å². The van der Waals surface area contributed by atoms with E-state index in [1.807, 2.05) is 30.3 Å². The van der Waals surface area contributed by atoms with Crippen LogP contribution in [-0.2, 0) is 6.42 Å². The molecule has 3 rings (SSSR count). The first kappa shape index (κ1) is 17.1. The Hall–Kier alpha value is -2.74. The van der Waals surface area contributed by atoms with Gasteiger partial charge in [0.25, 0.3) is 5.91 Å². The number of unbranched alkanes of at least 4 members (excludes halogenated alkanes) is 1. The molecule has 0 saturated carbocycles. The highest BCUT2D eigenvalue weighted by Crippen LogP contribution is 2.22. The first-order chi connectivity index (χ1) is 12.2. The topological polar surface area (TPSA) is 81.9 Å². The molecule has 25 heavy (non-hydrogen) atoms. The quantitative estimate of drug-likeness (QED) is 0.701. The average Bonchev–Trinajstić information content (AvgIpc) is 3.27. The van der Waals surface area contributed by atoms with E-state index < -0.39 is 0 Å². The second-order valence-corrected chi connectivity index (χ2v) is 6.45. The van der Waals surface area contributed by atoms with E-state index in [0.717, 1.165) is 30.0 Å². The lowest BCUT2D eigenvalue weighted by Crippen LogP contribution is -2.14. The fraction of sp³-hybridized carbons (Fsp3) is 0.294. The summed E-state index contributed by atoms with van der Waals surface area (Å²) in [5, 5.41) is 16.6. The molecule has 2 aromatic heterocycles. The van der Waals surface area contributed by atoms with Crippen LogP contribution in [-0.4, -0.2) is 33.0 Å². The van der Waals surface area contributed by atoms with Gasteiger partial charge in [0.2, 0.25) is 5.13 Å². The lowest BCUT2D eigenvalue weighted by molar-refractivity contribution is 0.101. The summed E-state index contributed by atoms with van der Waals surface area (Å²) in [7, 11) is 1.51. The van der Waals surface area contributed by atoms with E-state index in [-0.39, 0.29) is 11.6 Å². The summed E-state index contributed by atoms with van der Waals surface area (Å²) in [5.74, 6) is 0.0294. The van der Waals surface area contributed by atoms with Crippen LogP contribution in [0.3, 0.4) is 0 Å². The molecule has 2 heterocycles. The highest BCUT2D eigenvalue weighted by atomic mass is 32.1. The van der Waals surface area contributed by atoms with E-state index >= 15 is 0 Å². The van der Waals surface area contributed by atoms with Crippen LogP contribution in [0.1, 0.15) is 35.3 Å². The zero-order valence-electron chi connectivity index (χ0n) is 14.1. The third-order valence-electron chi connectivity index (χ3n) is 3.57. The van der Waals surface area contributed by atoms with Crippen LogP contribution in [0.4, 0.5) is 5.13 Å². The van der Waals surface area contributed by atoms with Crippen molar-refractivity contribution in [3.05, 3.63) is 47.2 Å². The van der Waals surface area contributed by atoms with Gasteiger partial charge in [-0.2, -0.15) is 5.10 Å².